The normalized spacial score (nSPS) is 19.1. The number of rotatable bonds is 3. The van der Waals surface area contributed by atoms with Gasteiger partial charge in [0.05, 0.1) is 0 Å². The van der Waals surface area contributed by atoms with Crippen molar-refractivity contribution in [3.05, 3.63) is 30.1 Å². The number of thioether (sulfide) groups is 1. The van der Waals surface area contributed by atoms with E-state index in [1.165, 1.54) is 55.4 Å². The molecule has 2 atom stereocenters. The molecule has 1 saturated carbocycles. The molecule has 1 fully saturated rings. The van der Waals surface area contributed by atoms with E-state index in [-0.39, 0.29) is 5.75 Å². The number of para-hydroxylation sites is 1. The fraction of sp³-hybridized carbons (Fsp3) is 0.684. The smallest absolute Gasteiger partial charge is 0.164 e. The van der Waals surface area contributed by atoms with E-state index in [4.69, 9.17) is 10.2 Å². The third-order valence-corrected chi connectivity index (χ3v) is 4.75. The van der Waals surface area contributed by atoms with Crippen LogP contribution in [0.2, 0.25) is 0 Å². The van der Waals surface area contributed by atoms with Crippen molar-refractivity contribution in [3.8, 4) is 5.75 Å². The Kier molecular flexibility index (Phi) is 18.8. The van der Waals surface area contributed by atoms with Gasteiger partial charge in [-0.25, -0.2) is 4.39 Å². The topological polar surface area (TPSA) is 40.5 Å². The van der Waals surface area contributed by atoms with Gasteiger partial charge in [-0.1, -0.05) is 59.1 Å². The van der Waals surface area contributed by atoms with Crippen molar-refractivity contribution in [3.63, 3.8) is 0 Å². The molecule has 2 rings (SSSR count). The van der Waals surface area contributed by atoms with E-state index in [1.807, 2.05) is 13.8 Å². The van der Waals surface area contributed by atoms with E-state index in [0.717, 1.165) is 18.9 Å². The molecular formula is C19H35FO2S. The monoisotopic (exact) mass is 346 g/mol. The van der Waals surface area contributed by atoms with Crippen LogP contribution in [-0.2, 0) is 0 Å². The highest BCUT2D eigenvalue weighted by Crippen LogP contribution is 2.31. The second kappa shape index (κ2) is 17.6. The Morgan fingerprint density at radius 2 is 1.70 bits per heavy atom. The summed E-state index contributed by atoms with van der Waals surface area (Å²) in [7, 11) is 1.00. The quantitative estimate of drug-likeness (QED) is 0.734. The molecule has 1 aromatic rings. The highest BCUT2D eigenvalue weighted by molar-refractivity contribution is 7.99. The van der Waals surface area contributed by atoms with Crippen LogP contribution in [0.5, 0.6) is 5.75 Å². The van der Waals surface area contributed by atoms with Gasteiger partial charge in [-0.2, -0.15) is 11.8 Å². The van der Waals surface area contributed by atoms with Gasteiger partial charge in [-0.15, -0.1) is 0 Å². The fourth-order valence-electron chi connectivity index (χ4n) is 2.36. The van der Waals surface area contributed by atoms with Crippen LogP contribution < -0.4 is 0 Å². The summed E-state index contributed by atoms with van der Waals surface area (Å²) in [5, 5.41) is 15.5. The summed E-state index contributed by atoms with van der Waals surface area (Å²) in [6, 6.07) is 5.60. The minimum atomic E-state index is -0.576. The van der Waals surface area contributed by atoms with Crippen LogP contribution in [-0.4, -0.2) is 28.8 Å². The summed E-state index contributed by atoms with van der Waals surface area (Å²) >= 11 is 2.12. The summed E-state index contributed by atoms with van der Waals surface area (Å²) < 4.78 is 12.1. The third kappa shape index (κ3) is 12.4. The van der Waals surface area contributed by atoms with Crippen LogP contribution in [0, 0.1) is 17.7 Å². The molecule has 0 heterocycles. The number of phenolic OH excluding ortho intramolecular Hbond substituents is 1. The zero-order valence-electron chi connectivity index (χ0n) is 15.4. The van der Waals surface area contributed by atoms with Crippen LogP contribution in [0.25, 0.3) is 0 Å². The van der Waals surface area contributed by atoms with E-state index in [9.17, 15) is 4.39 Å². The van der Waals surface area contributed by atoms with Gasteiger partial charge in [0.2, 0.25) is 0 Å². The highest BCUT2D eigenvalue weighted by atomic mass is 32.2. The van der Waals surface area contributed by atoms with E-state index in [2.05, 4.69) is 25.6 Å². The number of phenols is 1. The predicted octanol–water partition coefficient (Wildman–Crippen LogP) is 5.73. The highest BCUT2D eigenvalue weighted by Gasteiger charge is 2.20. The molecule has 0 aliphatic heterocycles. The summed E-state index contributed by atoms with van der Waals surface area (Å²) in [6.45, 7) is 8.69. The van der Waals surface area contributed by atoms with Crippen LogP contribution in [0.3, 0.4) is 0 Å². The Hall–Kier alpha value is -0.740. The Bertz CT molecular complexity index is 340. The zero-order chi connectivity index (χ0) is 18.1. The maximum atomic E-state index is 12.1. The lowest BCUT2D eigenvalue weighted by Gasteiger charge is -2.28. The molecule has 0 amide bonds. The molecule has 2 N–H and O–H groups in total. The minimum Gasteiger partial charge on any atom is -0.505 e. The van der Waals surface area contributed by atoms with Gasteiger partial charge in [0, 0.05) is 7.11 Å². The van der Waals surface area contributed by atoms with Gasteiger partial charge in [0.25, 0.3) is 0 Å². The average molecular weight is 347 g/mol. The summed E-state index contributed by atoms with van der Waals surface area (Å²) in [5.41, 5.74) is 0. The number of aromatic hydroxyl groups is 1. The number of halogens is 1. The lowest BCUT2D eigenvalue weighted by atomic mass is 9.82. The lowest BCUT2D eigenvalue weighted by molar-refractivity contribution is 0.282. The Labute approximate surface area is 146 Å². The van der Waals surface area contributed by atoms with Crippen LogP contribution in [0.15, 0.2) is 24.3 Å². The van der Waals surface area contributed by atoms with Crippen molar-refractivity contribution in [2.45, 2.75) is 53.4 Å². The maximum Gasteiger partial charge on any atom is 0.164 e. The number of hydrogen-bond donors (Lipinski definition) is 2. The molecule has 2 nitrogen and oxygen atoms in total. The molecule has 0 bridgehead atoms. The van der Waals surface area contributed by atoms with E-state index >= 15 is 0 Å². The molecule has 0 saturated heterocycles. The van der Waals surface area contributed by atoms with Crippen molar-refractivity contribution >= 4 is 11.8 Å². The molecule has 1 aromatic carbocycles. The van der Waals surface area contributed by atoms with Gasteiger partial charge in [0.15, 0.2) is 11.6 Å². The van der Waals surface area contributed by atoms with E-state index < -0.39 is 5.82 Å². The predicted molar refractivity (Wildman–Crippen MR) is 102 cm³/mol. The Morgan fingerprint density at radius 3 is 2.13 bits per heavy atom. The van der Waals surface area contributed by atoms with Crippen LogP contribution in [0.1, 0.15) is 53.4 Å². The second-order valence-corrected chi connectivity index (χ2v) is 6.45. The Balaban J connectivity index is 0. The molecule has 0 spiro atoms. The molecule has 1 unspecified atom stereocenters. The van der Waals surface area contributed by atoms with Crippen molar-refractivity contribution < 1.29 is 14.6 Å². The third-order valence-electron chi connectivity index (χ3n) is 3.68. The fourth-order valence-corrected chi connectivity index (χ4v) is 3.40. The van der Waals surface area contributed by atoms with Crippen LogP contribution >= 0.6 is 11.8 Å². The standard InChI is InChI=1S/C10H20S.C6H5FO.C2H6.CH4O/c1-3-11-8-10-7-5-4-6-9(10)2;7-5-3-1-2-4-6(5)8;2*1-2/h9-10H,3-8H2,1-2H3;1-4,8H;1-2H3;2H,1H3/t9-,10?;;;/m0.../s1. The largest absolute Gasteiger partial charge is 0.505 e. The number of aliphatic hydroxyl groups excluding tert-OH is 1. The first-order chi connectivity index (χ1) is 11.1. The van der Waals surface area contributed by atoms with Crippen molar-refractivity contribution in [2.24, 2.45) is 11.8 Å². The van der Waals surface area contributed by atoms with E-state index in [1.54, 1.807) is 6.07 Å². The van der Waals surface area contributed by atoms with Gasteiger partial charge < -0.3 is 10.2 Å². The van der Waals surface area contributed by atoms with Crippen molar-refractivity contribution in [2.75, 3.05) is 18.6 Å². The van der Waals surface area contributed by atoms with Crippen LogP contribution in [0.4, 0.5) is 4.39 Å². The number of aliphatic hydroxyl groups is 1. The molecule has 4 heteroatoms. The lowest BCUT2D eigenvalue weighted by Crippen LogP contribution is -2.18. The Morgan fingerprint density at radius 1 is 1.13 bits per heavy atom. The summed E-state index contributed by atoms with van der Waals surface area (Å²) in [5.74, 6) is 3.87. The molecule has 23 heavy (non-hydrogen) atoms. The molecular weight excluding hydrogens is 311 g/mol. The molecule has 1 aliphatic carbocycles. The first-order valence-electron chi connectivity index (χ1n) is 8.61. The summed E-state index contributed by atoms with van der Waals surface area (Å²) in [6.07, 6.45) is 5.94. The first-order valence-corrected chi connectivity index (χ1v) is 9.76. The van der Waals surface area contributed by atoms with Gasteiger partial charge in [-0.3, -0.25) is 0 Å². The van der Waals surface area contributed by atoms with Gasteiger partial charge in [0.1, 0.15) is 0 Å². The molecule has 0 aromatic heterocycles. The first kappa shape index (κ1) is 24.5. The SMILES string of the molecule is CC.CCSCC1CCCC[C@@H]1C.CO.Oc1ccccc1F. The minimum absolute atomic E-state index is 0.299. The summed E-state index contributed by atoms with van der Waals surface area (Å²) in [4.78, 5) is 0. The molecule has 1 aliphatic rings. The van der Waals surface area contributed by atoms with E-state index in [0.29, 0.717) is 0 Å². The zero-order valence-corrected chi connectivity index (χ0v) is 16.2. The van der Waals surface area contributed by atoms with Crippen molar-refractivity contribution in [1.82, 2.24) is 0 Å². The second-order valence-electron chi connectivity index (χ2n) is 5.13. The van der Waals surface area contributed by atoms with Gasteiger partial charge in [-0.05, 0) is 41.9 Å². The molecule has 136 valence electrons. The van der Waals surface area contributed by atoms with Gasteiger partial charge >= 0.3 is 0 Å². The average Bonchev–Trinajstić information content (AvgIpc) is 2.61. The maximum absolute atomic E-state index is 12.1. The van der Waals surface area contributed by atoms with Crippen molar-refractivity contribution in [1.29, 1.82) is 0 Å². The number of benzene rings is 1. The number of hydrogen-bond acceptors (Lipinski definition) is 3. The molecule has 0 radical (unpaired) electrons.